The molecule has 0 spiro atoms. The van der Waals surface area contributed by atoms with E-state index in [0.29, 0.717) is 10.2 Å². The van der Waals surface area contributed by atoms with Crippen LogP contribution in [0.2, 0.25) is 0 Å². The summed E-state index contributed by atoms with van der Waals surface area (Å²) < 4.78 is 34.4. The van der Waals surface area contributed by atoms with Crippen LogP contribution in [-0.2, 0) is 0 Å². The van der Waals surface area contributed by atoms with Crippen LogP contribution in [0.1, 0.15) is 10.4 Å². The lowest BCUT2D eigenvalue weighted by Gasteiger charge is -2.17. The average molecular weight is 381 g/mol. The molecule has 0 bridgehead atoms. The number of amides is 1. The summed E-state index contributed by atoms with van der Waals surface area (Å²) in [6, 6.07) is 18.0. The van der Waals surface area contributed by atoms with E-state index < -0.39 is 16.2 Å². The summed E-state index contributed by atoms with van der Waals surface area (Å²) in [5.74, 6) is -0.496. The zero-order valence-electron chi connectivity index (χ0n) is 12.7. The van der Waals surface area contributed by atoms with Gasteiger partial charge in [0.15, 0.2) is 0 Å². The zero-order chi connectivity index (χ0) is 18.6. The number of fused-ring (bicyclic) bond motifs is 1. The molecule has 0 fully saturated rings. The maximum Gasteiger partial charge on any atom is 0.266 e. The van der Waals surface area contributed by atoms with Gasteiger partial charge in [0, 0.05) is 4.88 Å². The van der Waals surface area contributed by atoms with Gasteiger partial charge in [-0.15, -0.1) is 10.2 Å². The van der Waals surface area contributed by atoms with Crippen LogP contribution in [-0.4, -0.2) is 5.91 Å². The molecule has 0 aliphatic rings. The summed E-state index contributed by atoms with van der Waals surface area (Å²) in [4.78, 5) is 12.2. The van der Waals surface area contributed by atoms with E-state index >= 15 is 0 Å². The molecule has 7 nitrogen and oxygen atoms in total. The monoisotopic (exact) mass is 380 g/mol. The van der Waals surface area contributed by atoms with Gasteiger partial charge in [-0.1, -0.05) is 47.7 Å². The Morgan fingerprint density at radius 2 is 1.56 bits per heavy atom. The van der Waals surface area contributed by atoms with Crippen LogP contribution in [0, 0.1) is 10.2 Å². The van der Waals surface area contributed by atoms with Gasteiger partial charge < -0.3 is 5.73 Å². The van der Waals surface area contributed by atoms with Crippen molar-refractivity contribution in [3.05, 3.63) is 64.8 Å². The number of halogens is 1. The third kappa shape index (κ3) is 5.61. The first-order chi connectivity index (χ1) is 11.6. The maximum atomic E-state index is 11.2. The Hall–Kier alpha value is -2.33. The average Bonchev–Trinajstić information content (AvgIpc) is 2.52. The smallest absolute Gasteiger partial charge is 0.266 e. The van der Waals surface area contributed by atoms with Crippen LogP contribution in [0.4, 0.5) is 0 Å². The number of hydrogen-bond donors (Lipinski definition) is 2. The number of nitrogens with two attached hydrogens (primary N) is 2. The van der Waals surface area contributed by atoms with E-state index in [0.717, 1.165) is 10.4 Å². The molecule has 4 N–H and O–H groups in total. The van der Waals surface area contributed by atoms with Crippen molar-refractivity contribution in [2.24, 2.45) is 5.73 Å². The van der Waals surface area contributed by atoms with Gasteiger partial charge in [-0.05, 0) is 34.5 Å². The molecular formula is C16H13ClN2O5S. The van der Waals surface area contributed by atoms with Gasteiger partial charge >= 0.3 is 0 Å². The maximum absolute atomic E-state index is 11.2. The second kappa shape index (κ2) is 7.70. The van der Waals surface area contributed by atoms with Crippen molar-refractivity contribution in [3.8, 4) is 10.4 Å². The molecule has 0 atom stereocenters. The van der Waals surface area contributed by atoms with Gasteiger partial charge in [-0.2, -0.15) is 0 Å². The molecule has 1 aromatic heterocycles. The Labute approximate surface area is 148 Å². The summed E-state index contributed by atoms with van der Waals surface area (Å²) in [6.07, 6.45) is 0. The Morgan fingerprint density at radius 3 is 2.12 bits per heavy atom. The van der Waals surface area contributed by atoms with Crippen LogP contribution in [0.3, 0.4) is 0 Å². The molecule has 0 aliphatic heterocycles. The largest absolute Gasteiger partial charge is 0.365 e. The van der Waals surface area contributed by atoms with Gasteiger partial charge in [0.2, 0.25) is 0 Å². The van der Waals surface area contributed by atoms with Crippen molar-refractivity contribution in [3.63, 3.8) is 0 Å². The minimum atomic E-state index is -4.94. The summed E-state index contributed by atoms with van der Waals surface area (Å²) in [5.41, 5.74) is 6.72. The first-order valence-electron chi connectivity index (χ1n) is 6.78. The number of carbonyl (C=O) groups excluding carboxylic acids is 1. The van der Waals surface area contributed by atoms with E-state index in [1.165, 1.54) is 22.1 Å². The Morgan fingerprint density at radius 1 is 0.960 bits per heavy atom. The number of carbonyl (C=O) groups is 1. The van der Waals surface area contributed by atoms with E-state index in [1.54, 1.807) is 6.07 Å². The zero-order valence-corrected chi connectivity index (χ0v) is 14.3. The lowest BCUT2D eigenvalue weighted by Crippen LogP contribution is -2.68. The summed E-state index contributed by atoms with van der Waals surface area (Å²) in [7, 11) is -4.94. The van der Waals surface area contributed by atoms with Gasteiger partial charge in [-0.25, -0.2) is 24.0 Å². The van der Waals surface area contributed by atoms with E-state index in [9.17, 15) is 4.79 Å². The summed E-state index contributed by atoms with van der Waals surface area (Å²) in [6.45, 7) is 0. The van der Waals surface area contributed by atoms with Gasteiger partial charge in [-0.3, -0.25) is 4.79 Å². The van der Waals surface area contributed by atoms with Crippen molar-refractivity contribution in [1.29, 1.82) is 0 Å². The highest BCUT2D eigenvalue weighted by molar-refractivity contribution is 7.12. The molecule has 9 heteroatoms. The summed E-state index contributed by atoms with van der Waals surface area (Å²) in [5, 5.41) is 8.26. The normalized spacial score (nSPS) is 10.9. The highest BCUT2D eigenvalue weighted by atomic mass is 35.7. The van der Waals surface area contributed by atoms with Crippen LogP contribution < -0.4 is 34.4 Å². The third-order valence-corrected chi connectivity index (χ3v) is 4.22. The minimum Gasteiger partial charge on any atom is -0.365 e. The van der Waals surface area contributed by atoms with Crippen molar-refractivity contribution in [2.75, 3.05) is 0 Å². The molecule has 0 aliphatic carbocycles. The predicted octanol–water partition coefficient (Wildman–Crippen LogP) is -3.43. The van der Waals surface area contributed by atoms with Gasteiger partial charge in [0.25, 0.3) is 10.6 Å². The minimum absolute atomic E-state index is 0.375. The Bertz CT molecular complexity index is 962. The molecule has 0 saturated carbocycles. The van der Waals surface area contributed by atoms with E-state index in [4.69, 9.17) is 29.8 Å². The highest BCUT2D eigenvalue weighted by Crippen LogP contribution is 2.25. The first-order valence-corrected chi connectivity index (χ1v) is 8.83. The molecule has 0 unspecified atom stereocenters. The molecule has 130 valence electrons. The molecule has 1 heterocycles. The molecule has 1 amide bonds. The molecule has 0 saturated heterocycles. The third-order valence-electron chi connectivity index (χ3n) is 3.19. The van der Waals surface area contributed by atoms with Crippen LogP contribution >= 0.6 is 11.3 Å². The molecule has 2 aromatic carbocycles. The highest BCUT2D eigenvalue weighted by Gasteiger charge is 2.09. The lowest BCUT2D eigenvalue weighted by molar-refractivity contribution is -2.00. The number of hydrogen-bond acceptors (Lipinski definition) is 6. The van der Waals surface area contributed by atoms with Crippen LogP contribution in [0.5, 0.6) is 0 Å². The fraction of sp³-hybridized carbons (Fsp3) is 0. The standard InChI is InChI=1S/C16H12N2OS.ClHO4/c17-15(19)13-7-8-14(20-16(13)18)12-6-5-10-3-1-2-4-11(10)9-12;2-1(3,4)5/h1-9,18H,(H2,17,19);(H,2,3,4,5). The van der Waals surface area contributed by atoms with Crippen molar-refractivity contribution in [2.45, 2.75) is 0 Å². The van der Waals surface area contributed by atoms with Gasteiger partial charge in [0.1, 0.15) is 5.56 Å². The van der Waals surface area contributed by atoms with E-state index in [-0.39, 0.29) is 0 Å². The second-order valence-electron chi connectivity index (χ2n) is 4.88. The first kappa shape index (κ1) is 19.0. The molecule has 3 aromatic rings. The second-order valence-corrected chi connectivity index (χ2v) is 6.72. The Kier molecular flexibility index (Phi) is 5.85. The van der Waals surface area contributed by atoms with E-state index in [2.05, 4.69) is 30.3 Å². The molecule has 25 heavy (non-hydrogen) atoms. The molecule has 0 radical (unpaired) electrons. The predicted molar refractivity (Wildman–Crippen MR) is 80.8 cm³/mol. The van der Waals surface area contributed by atoms with Crippen molar-refractivity contribution < 1.29 is 39.1 Å². The fourth-order valence-electron chi connectivity index (χ4n) is 2.15. The lowest BCUT2D eigenvalue weighted by atomic mass is 10.1. The van der Waals surface area contributed by atoms with Crippen molar-refractivity contribution in [1.82, 2.24) is 0 Å². The van der Waals surface area contributed by atoms with Crippen LogP contribution in [0.25, 0.3) is 21.2 Å². The van der Waals surface area contributed by atoms with E-state index in [1.807, 2.05) is 18.2 Å². The molecule has 3 rings (SSSR count). The van der Waals surface area contributed by atoms with Crippen LogP contribution in [0.15, 0.2) is 54.6 Å². The number of benzene rings is 2. The summed E-state index contributed by atoms with van der Waals surface area (Å²) >= 11 is 1.37. The number of rotatable bonds is 2. The quantitative estimate of drug-likeness (QED) is 0.472. The van der Waals surface area contributed by atoms with Crippen molar-refractivity contribution >= 4 is 28.0 Å². The Balaban J connectivity index is 0.000000399. The topological polar surface area (TPSA) is 161 Å². The number of primary amides is 1. The SMILES string of the molecule is NC(=O)c1ccc(-c2ccc3ccccc3c2)sc1=[NH2+].[O-][Cl+3]([O-])([O-])[O-]. The fourth-order valence-corrected chi connectivity index (χ4v) is 3.05. The van der Waals surface area contributed by atoms with Gasteiger partial charge in [0.05, 0.1) is 0 Å². The molecular weight excluding hydrogens is 368 g/mol.